The zero-order chi connectivity index (χ0) is 12.4. The van der Waals surface area contributed by atoms with Crippen molar-refractivity contribution >= 4 is 5.69 Å². The average Bonchev–Trinajstić information content (AvgIpc) is 2.66. The van der Waals surface area contributed by atoms with Gasteiger partial charge in [0.2, 0.25) is 0 Å². The van der Waals surface area contributed by atoms with Crippen molar-refractivity contribution in [3.63, 3.8) is 0 Å². The monoisotopic (exact) mass is 230 g/mol. The topological polar surface area (TPSA) is 56.7 Å². The molecule has 0 aliphatic carbocycles. The number of nitrogens with two attached hydrogens (primary N) is 1. The molecule has 4 heteroatoms. The van der Waals surface area contributed by atoms with Crippen molar-refractivity contribution in [3.8, 4) is 11.3 Å². The van der Waals surface area contributed by atoms with E-state index in [0.29, 0.717) is 0 Å². The Morgan fingerprint density at radius 3 is 2.82 bits per heavy atom. The van der Waals surface area contributed by atoms with Gasteiger partial charge >= 0.3 is 0 Å². The van der Waals surface area contributed by atoms with Crippen LogP contribution in [-0.4, -0.2) is 14.8 Å². The molecule has 4 nitrogen and oxygen atoms in total. The third-order valence-corrected chi connectivity index (χ3v) is 3.00. The summed E-state index contributed by atoms with van der Waals surface area (Å²) in [5, 5.41) is 4.37. The summed E-state index contributed by atoms with van der Waals surface area (Å²) in [7, 11) is 0. The average molecular weight is 230 g/mol. The van der Waals surface area contributed by atoms with Crippen LogP contribution < -0.4 is 5.73 Å². The Balaban J connectivity index is 2.50. The van der Waals surface area contributed by atoms with Crippen molar-refractivity contribution in [2.45, 2.75) is 33.7 Å². The van der Waals surface area contributed by atoms with Gasteiger partial charge in [-0.2, -0.15) is 5.10 Å². The van der Waals surface area contributed by atoms with E-state index >= 15 is 0 Å². The molecule has 2 aromatic rings. The van der Waals surface area contributed by atoms with E-state index in [0.717, 1.165) is 41.2 Å². The summed E-state index contributed by atoms with van der Waals surface area (Å²) >= 11 is 0. The van der Waals surface area contributed by atoms with Crippen LogP contribution in [0.2, 0.25) is 0 Å². The van der Waals surface area contributed by atoms with Gasteiger partial charge in [0.15, 0.2) is 0 Å². The lowest BCUT2D eigenvalue weighted by atomic mass is 10.1. The summed E-state index contributed by atoms with van der Waals surface area (Å²) in [6, 6.07) is 1.92. The molecule has 0 aliphatic heterocycles. The molecule has 2 aromatic heterocycles. The zero-order valence-electron chi connectivity index (χ0n) is 10.6. The molecule has 0 bridgehead atoms. The third-order valence-electron chi connectivity index (χ3n) is 3.00. The summed E-state index contributed by atoms with van der Waals surface area (Å²) in [5.74, 6) is 0. The molecule has 2 heterocycles. The number of nitrogens with zero attached hydrogens (tertiary/aromatic N) is 3. The molecule has 2 rings (SSSR count). The fraction of sp³-hybridized carbons (Fsp3) is 0.385. The number of aryl methyl sites for hydroxylation is 2. The predicted octanol–water partition coefficient (Wildman–Crippen LogP) is 2.55. The molecule has 0 spiro atoms. The summed E-state index contributed by atoms with van der Waals surface area (Å²) in [6.45, 7) is 7.12. The Bertz CT molecular complexity index is 528. The molecule has 0 atom stereocenters. The maximum absolute atomic E-state index is 6.07. The minimum atomic E-state index is 0.742. The molecule has 0 unspecified atom stereocenters. The summed E-state index contributed by atoms with van der Waals surface area (Å²) < 4.78 is 2.00. The predicted molar refractivity (Wildman–Crippen MR) is 69.6 cm³/mol. The molecule has 90 valence electrons. The number of pyridine rings is 1. The number of hydrogen-bond acceptors (Lipinski definition) is 3. The van der Waals surface area contributed by atoms with Crippen molar-refractivity contribution in [3.05, 3.63) is 29.7 Å². The van der Waals surface area contributed by atoms with E-state index in [4.69, 9.17) is 5.73 Å². The van der Waals surface area contributed by atoms with Crippen LogP contribution in [0.1, 0.15) is 24.6 Å². The van der Waals surface area contributed by atoms with Gasteiger partial charge in [0, 0.05) is 24.0 Å². The first-order valence-electron chi connectivity index (χ1n) is 5.89. The highest BCUT2D eigenvalue weighted by Gasteiger charge is 2.12. The number of aromatic nitrogens is 3. The van der Waals surface area contributed by atoms with E-state index < -0.39 is 0 Å². The quantitative estimate of drug-likeness (QED) is 0.881. The molecule has 0 fully saturated rings. The molecule has 0 saturated heterocycles. The van der Waals surface area contributed by atoms with Crippen molar-refractivity contribution < 1.29 is 0 Å². The first kappa shape index (κ1) is 11.6. The summed E-state index contributed by atoms with van der Waals surface area (Å²) in [4.78, 5) is 4.37. The van der Waals surface area contributed by atoms with E-state index in [-0.39, 0.29) is 0 Å². The molecule has 17 heavy (non-hydrogen) atoms. The first-order chi connectivity index (χ1) is 8.15. The lowest BCUT2D eigenvalue weighted by molar-refractivity contribution is 0.587. The number of anilines is 1. The molecule has 2 N–H and O–H groups in total. The van der Waals surface area contributed by atoms with Gasteiger partial charge in [-0.25, -0.2) is 0 Å². The highest BCUT2D eigenvalue weighted by molar-refractivity contribution is 5.75. The third kappa shape index (κ3) is 2.02. The van der Waals surface area contributed by atoms with Crippen LogP contribution in [0.4, 0.5) is 5.69 Å². The van der Waals surface area contributed by atoms with Gasteiger partial charge in [0.1, 0.15) is 0 Å². The molecular weight excluding hydrogens is 212 g/mol. The van der Waals surface area contributed by atoms with E-state index in [2.05, 4.69) is 23.9 Å². The fourth-order valence-electron chi connectivity index (χ4n) is 1.90. The van der Waals surface area contributed by atoms with Crippen LogP contribution >= 0.6 is 0 Å². The second kappa shape index (κ2) is 4.57. The van der Waals surface area contributed by atoms with Crippen LogP contribution in [0.3, 0.4) is 0 Å². The van der Waals surface area contributed by atoms with Gasteiger partial charge in [-0.05, 0) is 31.9 Å². The summed E-state index contributed by atoms with van der Waals surface area (Å²) in [5.41, 5.74) is 10.8. The number of nitrogen functional groups attached to an aromatic ring is 1. The van der Waals surface area contributed by atoms with Crippen LogP contribution in [0.25, 0.3) is 11.3 Å². The van der Waals surface area contributed by atoms with Crippen LogP contribution in [-0.2, 0) is 6.54 Å². The molecule has 0 amide bonds. The Morgan fingerprint density at radius 2 is 2.12 bits per heavy atom. The van der Waals surface area contributed by atoms with Crippen molar-refractivity contribution in [1.82, 2.24) is 14.8 Å². The van der Waals surface area contributed by atoms with Crippen molar-refractivity contribution in [2.75, 3.05) is 5.73 Å². The fourth-order valence-corrected chi connectivity index (χ4v) is 1.90. The molecular formula is C13H18N4. The zero-order valence-corrected chi connectivity index (χ0v) is 10.6. The second-order valence-electron chi connectivity index (χ2n) is 4.26. The minimum absolute atomic E-state index is 0.742. The highest BCUT2D eigenvalue weighted by atomic mass is 15.3. The van der Waals surface area contributed by atoms with E-state index in [9.17, 15) is 0 Å². The van der Waals surface area contributed by atoms with E-state index in [1.54, 1.807) is 6.20 Å². The van der Waals surface area contributed by atoms with Gasteiger partial charge in [-0.3, -0.25) is 9.67 Å². The second-order valence-corrected chi connectivity index (χ2v) is 4.26. The van der Waals surface area contributed by atoms with E-state index in [1.807, 2.05) is 23.9 Å². The van der Waals surface area contributed by atoms with Gasteiger partial charge in [0.25, 0.3) is 0 Å². The maximum atomic E-state index is 6.07. The summed E-state index contributed by atoms with van der Waals surface area (Å²) in [6.07, 6.45) is 4.71. The van der Waals surface area contributed by atoms with E-state index in [1.165, 1.54) is 0 Å². The Labute approximate surface area is 101 Å². The number of rotatable bonds is 3. The lowest BCUT2D eigenvalue weighted by Crippen LogP contribution is -2.02. The molecule has 0 radical (unpaired) electrons. The maximum Gasteiger partial charge on any atom is 0.0968 e. The Hall–Kier alpha value is -1.84. The highest BCUT2D eigenvalue weighted by Crippen LogP contribution is 2.28. The van der Waals surface area contributed by atoms with Gasteiger partial charge in [0.05, 0.1) is 17.6 Å². The van der Waals surface area contributed by atoms with Crippen LogP contribution in [0.5, 0.6) is 0 Å². The van der Waals surface area contributed by atoms with Crippen LogP contribution in [0.15, 0.2) is 18.5 Å². The number of hydrogen-bond donors (Lipinski definition) is 1. The normalized spacial score (nSPS) is 10.8. The SMILES string of the molecule is CCCn1ncc(-c2nccc(C)c2N)c1C. The largest absolute Gasteiger partial charge is 0.397 e. The van der Waals surface area contributed by atoms with Gasteiger partial charge < -0.3 is 5.73 Å². The minimum Gasteiger partial charge on any atom is -0.397 e. The van der Waals surface area contributed by atoms with Gasteiger partial charge in [-0.1, -0.05) is 6.92 Å². The molecule has 0 aromatic carbocycles. The lowest BCUT2D eigenvalue weighted by Gasteiger charge is -2.07. The standard InChI is InChI=1S/C13H18N4/c1-4-7-17-10(3)11(8-16-17)13-12(14)9(2)5-6-15-13/h5-6,8H,4,7,14H2,1-3H3. The smallest absolute Gasteiger partial charge is 0.0968 e. The van der Waals surface area contributed by atoms with Crippen molar-refractivity contribution in [2.24, 2.45) is 0 Å². The Morgan fingerprint density at radius 1 is 1.35 bits per heavy atom. The molecule has 0 saturated carbocycles. The van der Waals surface area contributed by atoms with Gasteiger partial charge in [-0.15, -0.1) is 0 Å². The Kier molecular flexibility index (Phi) is 3.13. The van der Waals surface area contributed by atoms with Crippen LogP contribution in [0, 0.1) is 13.8 Å². The van der Waals surface area contributed by atoms with Crippen molar-refractivity contribution in [1.29, 1.82) is 0 Å². The molecule has 0 aliphatic rings. The first-order valence-corrected chi connectivity index (χ1v) is 5.89.